The SMILES string of the molecule is CCOC(=O)/C=C\[C@H](OCOC)[C@@H]1O[C@@H]1CO. The van der Waals surface area contributed by atoms with Crippen LogP contribution in [0.3, 0.4) is 0 Å². The lowest BCUT2D eigenvalue weighted by atomic mass is 10.2. The van der Waals surface area contributed by atoms with Crippen LogP contribution in [0, 0.1) is 0 Å². The van der Waals surface area contributed by atoms with Gasteiger partial charge in [0.1, 0.15) is 25.1 Å². The second kappa shape index (κ2) is 7.39. The van der Waals surface area contributed by atoms with Gasteiger partial charge in [-0.2, -0.15) is 0 Å². The fourth-order valence-corrected chi connectivity index (χ4v) is 1.36. The van der Waals surface area contributed by atoms with E-state index in [9.17, 15) is 4.79 Å². The third kappa shape index (κ3) is 4.82. The van der Waals surface area contributed by atoms with Gasteiger partial charge in [-0.25, -0.2) is 4.79 Å². The standard InChI is InChI=1S/C11H18O6/c1-3-15-10(13)5-4-8(16-7-14-2)11-9(6-12)17-11/h4-5,8-9,11-12H,3,6-7H2,1-2H3/b5-4-/t8-,9+,11-/m0/s1. The van der Waals surface area contributed by atoms with Gasteiger partial charge in [0.25, 0.3) is 0 Å². The molecule has 0 aromatic heterocycles. The second-order valence-electron chi connectivity index (χ2n) is 3.47. The number of aliphatic hydroxyl groups is 1. The third-order valence-electron chi connectivity index (χ3n) is 2.21. The molecule has 6 heteroatoms. The Morgan fingerprint density at radius 3 is 2.88 bits per heavy atom. The molecule has 1 aliphatic rings. The minimum absolute atomic E-state index is 0.0647. The van der Waals surface area contributed by atoms with Crippen molar-refractivity contribution < 1.29 is 28.8 Å². The maximum atomic E-state index is 11.1. The van der Waals surface area contributed by atoms with E-state index in [0.29, 0.717) is 6.61 Å². The summed E-state index contributed by atoms with van der Waals surface area (Å²) >= 11 is 0. The number of hydrogen-bond donors (Lipinski definition) is 1. The summed E-state index contributed by atoms with van der Waals surface area (Å²) in [7, 11) is 1.50. The molecule has 0 bridgehead atoms. The molecule has 0 radical (unpaired) electrons. The number of carbonyl (C=O) groups is 1. The molecule has 1 heterocycles. The smallest absolute Gasteiger partial charge is 0.330 e. The molecule has 0 amide bonds. The molecule has 1 rings (SSSR count). The molecular formula is C11H18O6. The van der Waals surface area contributed by atoms with Gasteiger partial charge in [0, 0.05) is 13.2 Å². The number of carbonyl (C=O) groups excluding carboxylic acids is 1. The van der Waals surface area contributed by atoms with E-state index in [2.05, 4.69) is 0 Å². The van der Waals surface area contributed by atoms with Crippen LogP contribution in [0.25, 0.3) is 0 Å². The summed E-state index contributed by atoms with van der Waals surface area (Å²) in [5.41, 5.74) is 0. The highest BCUT2D eigenvalue weighted by Crippen LogP contribution is 2.27. The predicted molar refractivity (Wildman–Crippen MR) is 58.3 cm³/mol. The summed E-state index contributed by atoms with van der Waals surface area (Å²) in [4.78, 5) is 11.1. The van der Waals surface area contributed by atoms with Crippen molar-refractivity contribution in [1.29, 1.82) is 0 Å². The molecule has 0 unspecified atom stereocenters. The van der Waals surface area contributed by atoms with Crippen LogP contribution in [-0.4, -0.2) is 56.5 Å². The molecule has 98 valence electrons. The van der Waals surface area contributed by atoms with Crippen molar-refractivity contribution in [3.8, 4) is 0 Å². The van der Waals surface area contributed by atoms with Gasteiger partial charge < -0.3 is 24.1 Å². The van der Waals surface area contributed by atoms with E-state index < -0.39 is 12.1 Å². The van der Waals surface area contributed by atoms with Crippen molar-refractivity contribution >= 4 is 5.97 Å². The van der Waals surface area contributed by atoms with Crippen LogP contribution in [0.5, 0.6) is 0 Å². The normalized spacial score (nSPS) is 24.9. The molecule has 0 aromatic carbocycles. The van der Waals surface area contributed by atoms with Crippen LogP contribution in [0.15, 0.2) is 12.2 Å². The first-order valence-corrected chi connectivity index (χ1v) is 5.44. The van der Waals surface area contributed by atoms with Gasteiger partial charge in [-0.3, -0.25) is 0 Å². The Morgan fingerprint density at radius 1 is 1.59 bits per heavy atom. The van der Waals surface area contributed by atoms with Crippen molar-refractivity contribution in [3.05, 3.63) is 12.2 Å². The highest BCUT2D eigenvalue weighted by atomic mass is 16.7. The first kappa shape index (κ1) is 14.1. The zero-order chi connectivity index (χ0) is 12.7. The number of rotatable bonds is 8. The average Bonchev–Trinajstić information content (AvgIpc) is 3.09. The minimum Gasteiger partial charge on any atom is -0.463 e. The molecule has 1 aliphatic heterocycles. The summed E-state index contributed by atoms with van der Waals surface area (Å²) in [5, 5.41) is 8.88. The Labute approximate surface area is 100 Å². The molecule has 0 saturated carbocycles. The lowest BCUT2D eigenvalue weighted by Crippen LogP contribution is -2.22. The van der Waals surface area contributed by atoms with Crippen LogP contribution >= 0.6 is 0 Å². The number of hydrogen-bond acceptors (Lipinski definition) is 6. The van der Waals surface area contributed by atoms with Crippen LogP contribution in [0.4, 0.5) is 0 Å². The summed E-state index contributed by atoms with van der Waals surface area (Å²) in [6.07, 6.45) is 1.96. The minimum atomic E-state index is -0.431. The fraction of sp³-hybridized carbons (Fsp3) is 0.727. The predicted octanol–water partition coefficient (Wildman–Crippen LogP) is -0.146. The quantitative estimate of drug-likeness (QED) is 0.278. The van der Waals surface area contributed by atoms with Crippen molar-refractivity contribution in [3.63, 3.8) is 0 Å². The van der Waals surface area contributed by atoms with E-state index in [4.69, 9.17) is 24.1 Å². The van der Waals surface area contributed by atoms with Gasteiger partial charge in [-0.15, -0.1) is 0 Å². The first-order chi connectivity index (χ1) is 8.22. The van der Waals surface area contributed by atoms with E-state index in [0.717, 1.165) is 0 Å². The van der Waals surface area contributed by atoms with E-state index in [-0.39, 0.29) is 25.6 Å². The number of ether oxygens (including phenoxy) is 4. The zero-order valence-electron chi connectivity index (χ0n) is 10.00. The number of aliphatic hydroxyl groups excluding tert-OH is 1. The lowest BCUT2D eigenvalue weighted by Gasteiger charge is -2.10. The Hall–Kier alpha value is -0.950. The van der Waals surface area contributed by atoms with Crippen molar-refractivity contribution in [2.45, 2.75) is 25.2 Å². The average molecular weight is 246 g/mol. The molecule has 6 nitrogen and oxygen atoms in total. The molecule has 1 fully saturated rings. The highest BCUT2D eigenvalue weighted by molar-refractivity contribution is 5.81. The highest BCUT2D eigenvalue weighted by Gasteiger charge is 2.44. The number of methoxy groups -OCH3 is 1. The monoisotopic (exact) mass is 246 g/mol. The number of epoxide rings is 1. The third-order valence-corrected chi connectivity index (χ3v) is 2.21. The summed E-state index contributed by atoms with van der Waals surface area (Å²) in [6.45, 7) is 2.09. The Bertz CT molecular complexity index is 265. The largest absolute Gasteiger partial charge is 0.463 e. The van der Waals surface area contributed by atoms with E-state index in [1.165, 1.54) is 13.2 Å². The molecule has 1 saturated heterocycles. The maximum absolute atomic E-state index is 11.1. The van der Waals surface area contributed by atoms with Crippen molar-refractivity contribution in [1.82, 2.24) is 0 Å². The lowest BCUT2D eigenvalue weighted by molar-refractivity contribution is -0.137. The van der Waals surface area contributed by atoms with Crippen LogP contribution in [0.1, 0.15) is 6.92 Å². The van der Waals surface area contributed by atoms with Crippen LogP contribution < -0.4 is 0 Å². The molecule has 17 heavy (non-hydrogen) atoms. The van der Waals surface area contributed by atoms with E-state index in [1.54, 1.807) is 13.0 Å². The van der Waals surface area contributed by atoms with Crippen LogP contribution in [-0.2, 0) is 23.7 Å². The van der Waals surface area contributed by atoms with E-state index in [1.807, 2.05) is 0 Å². The van der Waals surface area contributed by atoms with Crippen molar-refractivity contribution in [2.75, 3.05) is 27.1 Å². The van der Waals surface area contributed by atoms with Gasteiger partial charge in [-0.05, 0) is 13.0 Å². The Kier molecular flexibility index (Phi) is 6.13. The second-order valence-corrected chi connectivity index (χ2v) is 3.47. The van der Waals surface area contributed by atoms with Gasteiger partial charge in [0.15, 0.2) is 0 Å². The van der Waals surface area contributed by atoms with Crippen molar-refractivity contribution in [2.24, 2.45) is 0 Å². The van der Waals surface area contributed by atoms with Crippen LogP contribution in [0.2, 0.25) is 0 Å². The summed E-state index contributed by atoms with van der Waals surface area (Å²) in [6, 6.07) is 0. The van der Waals surface area contributed by atoms with Gasteiger partial charge >= 0.3 is 5.97 Å². The maximum Gasteiger partial charge on any atom is 0.330 e. The number of esters is 1. The fourth-order valence-electron chi connectivity index (χ4n) is 1.36. The topological polar surface area (TPSA) is 77.5 Å². The van der Waals surface area contributed by atoms with Gasteiger partial charge in [-0.1, -0.05) is 0 Å². The Morgan fingerprint density at radius 2 is 2.35 bits per heavy atom. The first-order valence-electron chi connectivity index (χ1n) is 5.44. The molecule has 1 N–H and O–H groups in total. The zero-order valence-corrected chi connectivity index (χ0v) is 10.00. The summed E-state index contributed by atoms with van der Waals surface area (Å²) in [5.74, 6) is -0.431. The Balaban J connectivity index is 2.43. The van der Waals surface area contributed by atoms with Gasteiger partial charge in [0.05, 0.1) is 13.2 Å². The molecular weight excluding hydrogens is 228 g/mol. The molecule has 0 spiro atoms. The molecule has 0 aliphatic carbocycles. The molecule has 0 aromatic rings. The summed E-state index contributed by atoms with van der Waals surface area (Å²) < 4.78 is 20.0. The molecule has 3 atom stereocenters. The van der Waals surface area contributed by atoms with Gasteiger partial charge in [0.2, 0.25) is 0 Å². The van der Waals surface area contributed by atoms with E-state index >= 15 is 0 Å².